The lowest BCUT2D eigenvalue weighted by Crippen LogP contribution is -2.32. The Morgan fingerprint density at radius 2 is 1.67 bits per heavy atom. The molecule has 0 N–H and O–H groups in total. The van der Waals surface area contributed by atoms with Crippen LogP contribution < -0.4 is 0 Å². The lowest BCUT2D eigenvalue weighted by Gasteiger charge is -2.30. The summed E-state index contributed by atoms with van der Waals surface area (Å²) >= 11 is 12.3. The SMILES string of the molecule is COCCOCCC(CCl)(CCl)c1ccccc1. The second kappa shape index (κ2) is 8.76. The van der Waals surface area contributed by atoms with Gasteiger partial charge in [0, 0.05) is 30.9 Å². The van der Waals surface area contributed by atoms with Crippen LogP contribution >= 0.6 is 23.2 Å². The van der Waals surface area contributed by atoms with Gasteiger partial charge >= 0.3 is 0 Å². The van der Waals surface area contributed by atoms with Gasteiger partial charge in [-0.05, 0) is 12.0 Å². The maximum Gasteiger partial charge on any atom is 0.0700 e. The summed E-state index contributed by atoms with van der Waals surface area (Å²) < 4.78 is 10.4. The number of rotatable bonds is 9. The summed E-state index contributed by atoms with van der Waals surface area (Å²) in [5, 5.41) is 0. The van der Waals surface area contributed by atoms with Crippen LogP contribution in [0.25, 0.3) is 0 Å². The number of methoxy groups -OCH3 is 1. The standard InChI is InChI=1S/C14H20Cl2O2/c1-17-9-10-18-8-7-14(11-15,12-16)13-5-3-2-4-6-13/h2-6H,7-12H2,1H3. The maximum absolute atomic E-state index is 6.13. The predicted molar refractivity (Wildman–Crippen MR) is 76.9 cm³/mol. The highest BCUT2D eigenvalue weighted by Crippen LogP contribution is 2.31. The molecule has 4 heteroatoms. The molecule has 0 spiro atoms. The fraction of sp³-hybridized carbons (Fsp3) is 0.571. The highest BCUT2D eigenvalue weighted by atomic mass is 35.5. The Balaban J connectivity index is 2.58. The molecule has 0 aliphatic rings. The molecule has 0 heterocycles. The molecule has 1 aromatic carbocycles. The lowest BCUT2D eigenvalue weighted by atomic mass is 9.81. The number of alkyl halides is 2. The van der Waals surface area contributed by atoms with Crippen molar-refractivity contribution in [3.63, 3.8) is 0 Å². The summed E-state index contributed by atoms with van der Waals surface area (Å²) in [7, 11) is 1.66. The lowest BCUT2D eigenvalue weighted by molar-refractivity contribution is 0.0632. The first-order valence-electron chi connectivity index (χ1n) is 6.03. The minimum atomic E-state index is -0.211. The second-order valence-corrected chi connectivity index (χ2v) is 4.80. The quantitative estimate of drug-likeness (QED) is 0.512. The molecule has 0 aliphatic carbocycles. The van der Waals surface area contributed by atoms with E-state index in [1.54, 1.807) is 7.11 Å². The van der Waals surface area contributed by atoms with E-state index in [-0.39, 0.29) is 5.41 Å². The van der Waals surface area contributed by atoms with Crippen LogP contribution in [-0.2, 0) is 14.9 Å². The second-order valence-electron chi connectivity index (χ2n) is 4.27. The molecule has 0 amide bonds. The normalized spacial score (nSPS) is 11.7. The third-order valence-corrected chi connectivity index (χ3v) is 4.08. The minimum Gasteiger partial charge on any atom is -0.382 e. The Morgan fingerprint density at radius 3 is 2.22 bits per heavy atom. The number of hydrogen-bond acceptors (Lipinski definition) is 2. The van der Waals surface area contributed by atoms with Crippen molar-refractivity contribution in [3.05, 3.63) is 35.9 Å². The average Bonchev–Trinajstić information content (AvgIpc) is 2.44. The Bertz CT molecular complexity index is 313. The van der Waals surface area contributed by atoms with Crippen LogP contribution in [0.2, 0.25) is 0 Å². The minimum absolute atomic E-state index is 0.211. The first-order chi connectivity index (χ1) is 8.79. The van der Waals surface area contributed by atoms with Gasteiger partial charge in [0.05, 0.1) is 13.2 Å². The zero-order chi connectivity index (χ0) is 13.3. The summed E-state index contributed by atoms with van der Waals surface area (Å²) in [6.45, 7) is 1.85. The van der Waals surface area contributed by atoms with Crippen LogP contribution in [0.3, 0.4) is 0 Å². The van der Waals surface area contributed by atoms with Crippen LogP contribution in [0.5, 0.6) is 0 Å². The molecule has 0 saturated heterocycles. The fourth-order valence-electron chi connectivity index (χ4n) is 1.77. The van der Waals surface area contributed by atoms with E-state index in [0.29, 0.717) is 31.6 Å². The Kier molecular flexibility index (Phi) is 7.68. The van der Waals surface area contributed by atoms with Gasteiger partial charge < -0.3 is 9.47 Å². The first kappa shape index (κ1) is 15.8. The molecule has 0 aliphatic heterocycles. The van der Waals surface area contributed by atoms with Gasteiger partial charge in [-0.1, -0.05) is 30.3 Å². The maximum atomic E-state index is 6.13. The third kappa shape index (κ3) is 4.43. The van der Waals surface area contributed by atoms with Crippen molar-refractivity contribution in [3.8, 4) is 0 Å². The van der Waals surface area contributed by atoms with Gasteiger partial charge in [-0.2, -0.15) is 0 Å². The van der Waals surface area contributed by atoms with E-state index in [1.165, 1.54) is 5.56 Å². The van der Waals surface area contributed by atoms with E-state index in [1.807, 2.05) is 18.2 Å². The van der Waals surface area contributed by atoms with Gasteiger partial charge in [0.1, 0.15) is 0 Å². The summed E-state index contributed by atoms with van der Waals surface area (Å²) in [6, 6.07) is 10.1. The topological polar surface area (TPSA) is 18.5 Å². The molecule has 0 aromatic heterocycles. The van der Waals surface area contributed by atoms with Gasteiger partial charge in [0.15, 0.2) is 0 Å². The van der Waals surface area contributed by atoms with E-state index in [4.69, 9.17) is 32.7 Å². The number of ether oxygens (including phenoxy) is 2. The fourth-order valence-corrected chi connectivity index (χ4v) is 2.63. The van der Waals surface area contributed by atoms with Gasteiger partial charge in [0.2, 0.25) is 0 Å². The van der Waals surface area contributed by atoms with E-state index >= 15 is 0 Å². The number of hydrogen-bond donors (Lipinski definition) is 0. The number of benzene rings is 1. The molecular formula is C14H20Cl2O2. The van der Waals surface area contributed by atoms with E-state index in [0.717, 1.165) is 6.42 Å². The highest BCUT2D eigenvalue weighted by molar-refractivity contribution is 6.22. The molecule has 1 aromatic rings. The molecule has 0 unspecified atom stereocenters. The summed E-state index contributed by atoms with van der Waals surface area (Å²) in [6.07, 6.45) is 0.813. The van der Waals surface area contributed by atoms with E-state index in [2.05, 4.69) is 12.1 Å². The van der Waals surface area contributed by atoms with Crippen molar-refractivity contribution >= 4 is 23.2 Å². The van der Waals surface area contributed by atoms with Crippen molar-refractivity contribution in [1.82, 2.24) is 0 Å². The molecule has 102 valence electrons. The molecule has 0 radical (unpaired) electrons. The summed E-state index contributed by atoms with van der Waals surface area (Å²) in [5.41, 5.74) is 0.961. The molecular weight excluding hydrogens is 271 g/mol. The molecule has 18 heavy (non-hydrogen) atoms. The van der Waals surface area contributed by atoms with Crippen molar-refractivity contribution < 1.29 is 9.47 Å². The van der Waals surface area contributed by atoms with Crippen LogP contribution in [-0.4, -0.2) is 38.7 Å². The number of halogens is 2. The molecule has 0 bridgehead atoms. The van der Waals surface area contributed by atoms with E-state index in [9.17, 15) is 0 Å². The summed E-state index contributed by atoms with van der Waals surface area (Å²) in [4.78, 5) is 0. The van der Waals surface area contributed by atoms with E-state index < -0.39 is 0 Å². The smallest absolute Gasteiger partial charge is 0.0700 e. The third-order valence-electron chi connectivity index (χ3n) is 3.05. The van der Waals surface area contributed by atoms with Crippen LogP contribution in [0, 0.1) is 0 Å². The van der Waals surface area contributed by atoms with Gasteiger partial charge in [-0.3, -0.25) is 0 Å². The van der Waals surface area contributed by atoms with Crippen molar-refractivity contribution in [1.29, 1.82) is 0 Å². The first-order valence-corrected chi connectivity index (χ1v) is 7.10. The van der Waals surface area contributed by atoms with Gasteiger partial charge in [-0.15, -0.1) is 23.2 Å². The molecule has 0 atom stereocenters. The Morgan fingerprint density at radius 1 is 1.00 bits per heavy atom. The molecule has 1 rings (SSSR count). The van der Waals surface area contributed by atoms with Gasteiger partial charge in [0.25, 0.3) is 0 Å². The Hall–Kier alpha value is -0.280. The molecule has 2 nitrogen and oxygen atoms in total. The monoisotopic (exact) mass is 290 g/mol. The van der Waals surface area contributed by atoms with Crippen LogP contribution in [0.1, 0.15) is 12.0 Å². The van der Waals surface area contributed by atoms with Gasteiger partial charge in [-0.25, -0.2) is 0 Å². The zero-order valence-corrected chi connectivity index (χ0v) is 12.2. The molecule has 0 saturated carbocycles. The summed E-state index contributed by atoms with van der Waals surface area (Å²) in [5.74, 6) is 0.988. The molecule has 0 fully saturated rings. The largest absolute Gasteiger partial charge is 0.382 e. The Labute approximate surface area is 119 Å². The van der Waals surface area contributed by atoms with Crippen LogP contribution in [0.4, 0.5) is 0 Å². The van der Waals surface area contributed by atoms with Crippen LogP contribution in [0.15, 0.2) is 30.3 Å². The predicted octanol–water partition coefficient (Wildman–Crippen LogP) is 3.46. The zero-order valence-electron chi connectivity index (χ0n) is 10.7. The van der Waals surface area contributed by atoms with Crippen molar-refractivity contribution in [2.24, 2.45) is 0 Å². The van der Waals surface area contributed by atoms with Crippen molar-refractivity contribution in [2.45, 2.75) is 11.8 Å². The van der Waals surface area contributed by atoms with Crippen molar-refractivity contribution in [2.75, 3.05) is 38.7 Å². The average molecular weight is 291 g/mol. The highest BCUT2D eigenvalue weighted by Gasteiger charge is 2.30.